The summed E-state index contributed by atoms with van der Waals surface area (Å²) in [6.07, 6.45) is 1.98. The molecule has 2 aromatic heterocycles. The van der Waals surface area contributed by atoms with Gasteiger partial charge in [-0.15, -0.1) is 16.4 Å². The maximum absolute atomic E-state index is 5.62. The van der Waals surface area contributed by atoms with Crippen LogP contribution in [-0.2, 0) is 11.3 Å². The Balaban J connectivity index is 1.47. The predicted octanol–water partition coefficient (Wildman–Crippen LogP) is 3.75. The highest BCUT2D eigenvalue weighted by Gasteiger charge is 2.23. The zero-order valence-electron chi connectivity index (χ0n) is 11.4. The van der Waals surface area contributed by atoms with E-state index in [1.165, 1.54) is 15.6 Å². The second-order valence-electron chi connectivity index (χ2n) is 5.06. The van der Waals surface area contributed by atoms with E-state index in [1.807, 2.05) is 0 Å². The highest BCUT2D eigenvalue weighted by atomic mass is 32.1. The van der Waals surface area contributed by atoms with Crippen LogP contribution in [0.5, 0.6) is 0 Å². The first-order valence-corrected chi connectivity index (χ1v) is 7.92. The third-order valence-corrected chi connectivity index (χ3v) is 4.65. The molecule has 0 spiro atoms. The van der Waals surface area contributed by atoms with E-state index in [0.29, 0.717) is 18.5 Å². The number of hydrogen-bond acceptors (Lipinski definition) is 6. The Bertz CT molecular complexity index is 746. The fraction of sp³-hybridized carbons (Fsp3) is 0.333. The van der Waals surface area contributed by atoms with Gasteiger partial charge in [-0.2, -0.15) is 0 Å². The van der Waals surface area contributed by atoms with Crippen molar-refractivity contribution in [1.29, 1.82) is 0 Å². The van der Waals surface area contributed by atoms with Crippen LogP contribution in [0.3, 0.4) is 0 Å². The number of anilines is 1. The first kappa shape index (κ1) is 12.8. The zero-order valence-corrected chi connectivity index (χ0v) is 12.2. The molecule has 6 heteroatoms. The highest BCUT2D eigenvalue weighted by molar-refractivity contribution is 7.17. The standard InChI is InChI=1S/C15H15N3O2S/c1-2-6-13-11(4-1)10(9-21-13)8-16-15-18-17-14(20-15)12-5-3-7-19-12/h1-2,4,6,9,12H,3,5,7-8H2,(H,16,18). The number of fused-ring (bicyclic) bond motifs is 1. The molecule has 0 saturated carbocycles. The lowest BCUT2D eigenvalue weighted by molar-refractivity contribution is 0.0897. The van der Waals surface area contributed by atoms with Gasteiger partial charge in [0, 0.05) is 17.9 Å². The number of nitrogens with one attached hydrogen (secondary N) is 1. The van der Waals surface area contributed by atoms with E-state index in [0.717, 1.165) is 19.4 Å². The van der Waals surface area contributed by atoms with E-state index < -0.39 is 0 Å². The van der Waals surface area contributed by atoms with Crippen molar-refractivity contribution in [2.24, 2.45) is 0 Å². The van der Waals surface area contributed by atoms with Gasteiger partial charge in [0.15, 0.2) is 0 Å². The van der Waals surface area contributed by atoms with Gasteiger partial charge in [-0.05, 0) is 35.2 Å². The summed E-state index contributed by atoms with van der Waals surface area (Å²) < 4.78 is 12.5. The van der Waals surface area contributed by atoms with Crippen LogP contribution in [0.15, 0.2) is 34.1 Å². The summed E-state index contributed by atoms with van der Waals surface area (Å²) in [5.74, 6) is 0.574. The van der Waals surface area contributed by atoms with Crippen molar-refractivity contribution in [2.75, 3.05) is 11.9 Å². The lowest BCUT2D eigenvalue weighted by Gasteiger charge is -2.02. The summed E-state index contributed by atoms with van der Waals surface area (Å²) in [6.45, 7) is 1.45. The van der Waals surface area contributed by atoms with Crippen LogP contribution < -0.4 is 5.32 Å². The van der Waals surface area contributed by atoms with Gasteiger partial charge in [-0.3, -0.25) is 0 Å². The maximum atomic E-state index is 5.62. The summed E-state index contributed by atoms with van der Waals surface area (Å²) in [5.41, 5.74) is 1.24. The van der Waals surface area contributed by atoms with E-state index in [1.54, 1.807) is 11.3 Å². The van der Waals surface area contributed by atoms with Gasteiger partial charge in [-0.1, -0.05) is 23.3 Å². The molecular formula is C15H15N3O2S. The molecule has 3 aromatic rings. The second kappa shape index (κ2) is 5.46. The molecule has 3 heterocycles. The van der Waals surface area contributed by atoms with E-state index in [-0.39, 0.29) is 6.10 Å². The number of nitrogens with zero attached hydrogens (tertiary/aromatic N) is 2. The van der Waals surface area contributed by atoms with Crippen molar-refractivity contribution in [2.45, 2.75) is 25.5 Å². The molecule has 21 heavy (non-hydrogen) atoms. The van der Waals surface area contributed by atoms with Crippen LogP contribution in [0.25, 0.3) is 10.1 Å². The fourth-order valence-corrected chi connectivity index (χ4v) is 3.51. The molecule has 1 saturated heterocycles. The molecule has 1 unspecified atom stereocenters. The third kappa shape index (κ3) is 2.52. The van der Waals surface area contributed by atoms with E-state index in [4.69, 9.17) is 9.15 Å². The first-order chi connectivity index (χ1) is 10.4. The minimum absolute atomic E-state index is 0.0324. The molecule has 0 amide bonds. The molecule has 1 aromatic carbocycles. The number of benzene rings is 1. The third-order valence-electron chi connectivity index (χ3n) is 3.64. The topological polar surface area (TPSA) is 60.2 Å². The van der Waals surface area contributed by atoms with Crippen molar-refractivity contribution in [1.82, 2.24) is 10.2 Å². The van der Waals surface area contributed by atoms with Gasteiger partial charge < -0.3 is 14.5 Å². The lowest BCUT2D eigenvalue weighted by atomic mass is 10.2. The predicted molar refractivity (Wildman–Crippen MR) is 81.4 cm³/mol. The van der Waals surface area contributed by atoms with Crippen LogP contribution in [0.1, 0.15) is 30.4 Å². The summed E-state index contributed by atoms with van der Waals surface area (Å²) >= 11 is 1.75. The van der Waals surface area contributed by atoms with Crippen LogP contribution in [0, 0.1) is 0 Å². The Labute approximate surface area is 125 Å². The van der Waals surface area contributed by atoms with Gasteiger partial charge in [0.1, 0.15) is 6.10 Å². The minimum atomic E-state index is -0.0324. The number of thiophene rings is 1. The Morgan fingerprint density at radius 2 is 2.24 bits per heavy atom. The largest absolute Gasteiger partial charge is 0.405 e. The van der Waals surface area contributed by atoms with Gasteiger partial charge >= 0.3 is 6.01 Å². The lowest BCUT2D eigenvalue weighted by Crippen LogP contribution is -1.98. The maximum Gasteiger partial charge on any atom is 0.315 e. The molecule has 0 aliphatic carbocycles. The van der Waals surface area contributed by atoms with E-state index in [2.05, 4.69) is 45.2 Å². The quantitative estimate of drug-likeness (QED) is 0.795. The van der Waals surface area contributed by atoms with E-state index >= 15 is 0 Å². The van der Waals surface area contributed by atoms with Crippen LogP contribution in [-0.4, -0.2) is 16.8 Å². The van der Waals surface area contributed by atoms with Crippen molar-refractivity contribution in [3.63, 3.8) is 0 Å². The molecule has 1 fully saturated rings. The number of aromatic nitrogens is 2. The summed E-state index contributed by atoms with van der Waals surface area (Å²) in [5, 5.41) is 14.7. The summed E-state index contributed by atoms with van der Waals surface area (Å²) in [7, 11) is 0. The average molecular weight is 301 g/mol. The monoisotopic (exact) mass is 301 g/mol. The van der Waals surface area contributed by atoms with Gasteiger partial charge in [-0.25, -0.2) is 0 Å². The van der Waals surface area contributed by atoms with Gasteiger partial charge in [0.05, 0.1) is 0 Å². The average Bonchev–Trinajstić information content (AvgIpc) is 3.25. The van der Waals surface area contributed by atoms with Crippen molar-refractivity contribution in [3.8, 4) is 0 Å². The Kier molecular flexibility index (Phi) is 3.33. The number of ether oxygens (including phenoxy) is 1. The normalized spacial score (nSPS) is 18.4. The van der Waals surface area contributed by atoms with E-state index in [9.17, 15) is 0 Å². The van der Waals surface area contributed by atoms with Crippen molar-refractivity contribution < 1.29 is 9.15 Å². The van der Waals surface area contributed by atoms with Gasteiger partial charge in [0.25, 0.3) is 0 Å². The summed E-state index contributed by atoms with van der Waals surface area (Å²) in [6, 6.07) is 8.83. The second-order valence-corrected chi connectivity index (χ2v) is 5.97. The Morgan fingerprint density at radius 3 is 3.14 bits per heavy atom. The fourth-order valence-electron chi connectivity index (χ4n) is 2.55. The molecule has 108 valence electrons. The molecule has 5 nitrogen and oxygen atoms in total. The molecular weight excluding hydrogens is 286 g/mol. The van der Waals surface area contributed by atoms with Crippen LogP contribution in [0.2, 0.25) is 0 Å². The number of rotatable bonds is 4. The summed E-state index contributed by atoms with van der Waals surface area (Å²) in [4.78, 5) is 0. The first-order valence-electron chi connectivity index (χ1n) is 7.04. The Morgan fingerprint density at radius 1 is 1.29 bits per heavy atom. The molecule has 1 aliphatic rings. The molecule has 0 bridgehead atoms. The Hall–Kier alpha value is -1.92. The van der Waals surface area contributed by atoms with Crippen LogP contribution in [0.4, 0.5) is 6.01 Å². The smallest absolute Gasteiger partial charge is 0.315 e. The van der Waals surface area contributed by atoms with Crippen LogP contribution >= 0.6 is 11.3 Å². The zero-order chi connectivity index (χ0) is 14.1. The molecule has 1 atom stereocenters. The molecule has 1 N–H and O–H groups in total. The molecule has 1 aliphatic heterocycles. The highest BCUT2D eigenvalue weighted by Crippen LogP contribution is 2.29. The SMILES string of the molecule is c1ccc2c(CNc3nnc(C4CCCO4)o3)csc2c1. The molecule has 4 rings (SSSR count). The molecule has 0 radical (unpaired) electrons. The van der Waals surface area contributed by atoms with Crippen molar-refractivity contribution in [3.05, 3.63) is 41.1 Å². The van der Waals surface area contributed by atoms with Crippen molar-refractivity contribution >= 4 is 27.4 Å². The van der Waals surface area contributed by atoms with Gasteiger partial charge in [0.2, 0.25) is 5.89 Å². The number of hydrogen-bond donors (Lipinski definition) is 1. The minimum Gasteiger partial charge on any atom is -0.405 e.